The normalized spacial score (nSPS) is 11.9. The van der Waals surface area contributed by atoms with Crippen molar-refractivity contribution in [3.05, 3.63) is 42.5 Å². The van der Waals surface area contributed by atoms with Crippen LogP contribution in [0.5, 0.6) is 0 Å². The highest BCUT2D eigenvalue weighted by molar-refractivity contribution is 7.99. The van der Waals surface area contributed by atoms with Gasteiger partial charge in [-0.05, 0) is 19.1 Å². The molecule has 0 radical (unpaired) electrons. The lowest BCUT2D eigenvalue weighted by Gasteiger charge is -2.08. The number of rotatable bonds is 6. The smallest absolute Gasteiger partial charge is 0.336 e. The molecule has 0 aromatic heterocycles. The molecule has 0 saturated carbocycles. The van der Waals surface area contributed by atoms with E-state index in [1.165, 1.54) is 6.92 Å². The average molecular weight is 252 g/mol. The molecule has 0 saturated heterocycles. The maximum atomic E-state index is 11.3. The van der Waals surface area contributed by atoms with Crippen LogP contribution < -0.4 is 0 Å². The Hall–Kier alpha value is -1.26. The van der Waals surface area contributed by atoms with Crippen LogP contribution in [0.25, 0.3) is 0 Å². The van der Waals surface area contributed by atoms with E-state index in [1.54, 1.807) is 11.8 Å². The molecule has 1 aromatic carbocycles. The van der Waals surface area contributed by atoms with Crippen molar-refractivity contribution >= 4 is 17.7 Å². The molecule has 1 atom stereocenters. The maximum absolute atomic E-state index is 11.3. The molecule has 0 spiro atoms. The van der Waals surface area contributed by atoms with E-state index < -0.39 is 12.1 Å². The predicted molar refractivity (Wildman–Crippen MR) is 68.9 cm³/mol. The van der Waals surface area contributed by atoms with Gasteiger partial charge < -0.3 is 9.84 Å². The number of ether oxygens (including phenoxy) is 1. The van der Waals surface area contributed by atoms with Gasteiger partial charge in [-0.15, -0.1) is 11.8 Å². The largest absolute Gasteiger partial charge is 0.461 e. The van der Waals surface area contributed by atoms with Crippen LogP contribution in [-0.2, 0) is 9.53 Å². The van der Waals surface area contributed by atoms with E-state index in [0.717, 1.165) is 4.90 Å². The molecule has 0 bridgehead atoms. The van der Waals surface area contributed by atoms with Gasteiger partial charge in [-0.3, -0.25) is 0 Å². The molecule has 4 heteroatoms. The summed E-state index contributed by atoms with van der Waals surface area (Å²) in [5, 5.41) is 9.12. The predicted octanol–water partition coefficient (Wildman–Crippen LogP) is 2.26. The maximum Gasteiger partial charge on any atom is 0.336 e. The van der Waals surface area contributed by atoms with Crippen LogP contribution in [0.4, 0.5) is 0 Å². The molecule has 0 aliphatic rings. The van der Waals surface area contributed by atoms with Crippen molar-refractivity contribution in [1.82, 2.24) is 0 Å². The van der Waals surface area contributed by atoms with Crippen molar-refractivity contribution in [2.75, 3.05) is 12.4 Å². The summed E-state index contributed by atoms with van der Waals surface area (Å²) in [4.78, 5) is 12.4. The van der Waals surface area contributed by atoms with Gasteiger partial charge in [0, 0.05) is 10.6 Å². The van der Waals surface area contributed by atoms with E-state index in [2.05, 4.69) is 6.58 Å². The molecule has 0 aliphatic carbocycles. The Morgan fingerprint density at radius 2 is 2.12 bits per heavy atom. The monoisotopic (exact) mass is 252 g/mol. The summed E-state index contributed by atoms with van der Waals surface area (Å²) >= 11 is 1.61. The number of hydrogen-bond acceptors (Lipinski definition) is 4. The van der Waals surface area contributed by atoms with Crippen LogP contribution in [0.15, 0.2) is 47.4 Å². The molecular weight excluding hydrogens is 236 g/mol. The van der Waals surface area contributed by atoms with Gasteiger partial charge in [0.25, 0.3) is 0 Å². The zero-order valence-electron chi connectivity index (χ0n) is 9.76. The third-order valence-corrected chi connectivity index (χ3v) is 3.07. The standard InChI is InChI=1S/C13H16O3S/c1-10(11(2)14)13(15)16-8-9-17-12-6-4-3-5-7-12/h3-7,11,14H,1,8-9H2,2H3. The molecule has 1 rings (SSSR count). The summed E-state index contributed by atoms with van der Waals surface area (Å²) < 4.78 is 4.97. The molecule has 1 aromatic rings. The summed E-state index contributed by atoms with van der Waals surface area (Å²) in [6.45, 7) is 5.26. The van der Waals surface area contributed by atoms with Crippen molar-refractivity contribution in [2.24, 2.45) is 0 Å². The summed E-state index contributed by atoms with van der Waals surface area (Å²) in [7, 11) is 0. The van der Waals surface area contributed by atoms with Crippen LogP contribution in [-0.4, -0.2) is 29.5 Å². The van der Waals surface area contributed by atoms with E-state index in [4.69, 9.17) is 9.84 Å². The molecule has 1 N–H and O–H groups in total. The number of benzene rings is 1. The molecule has 92 valence electrons. The fraction of sp³-hybridized carbons (Fsp3) is 0.308. The number of aliphatic hydroxyl groups excluding tert-OH is 1. The van der Waals surface area contributed by atoms with Gasteiger partial charge in [0.15, 0.2) is 0 Å². The van der Waals surface area contributed by atoms with Gasteiger partial charge in [-0.25, -0.2) is 4.79 Å². The average Bonchev–Trinajstić information content (AvgIpc) is 2.34. The van der Waals surface area contributed by atoms with Crippen molar-refractivity contribution < 1.29 is 14.6 Å². The van der Waals surface area contributed by atoms with Gasteiger partial charge in [0.2, 0.25) is 0 Å². The van der Waals surface area contributed by atoms with E-state index in [9.17, 15) is 4.79 Å². The third kappa shape index (κ3) is 5.06. The lowest BCUT2D eigenvalue weighted by molar-refractivity contribution is -0.139. The first-order valence-electron chi connectivity index (χ1n) is 5.33. The minimum absolute atomic E-state index is 0.0923. The van der Waals surface area contributed by atoms with Crippen LogP contribution in [0.1, 0.15) is 6.92 Å². The molecule has 0 fully saturated rings. The van der Waals surface area contributed by atoms with E-state index in [1.807, 2.05) is 30.3 Å². The highest BCUT2D eigenvalue weighted by atomic mass is 32.2. The Balaban J connectivity index is 2.21. The quantitative estimate of drug-likeness (QED) is 0.365. The SMILES string of the molecule is C=C(C(=O)OCCSc1ccccc1)C(C)O. The van der Waals surface area contributed by atoms with Crippen molar-refractivity contribution in [3.63, 3.8) is 0 Å². The van der Waals surface area contributed by atoms with E-state index >= 15 is 0 Å². The van der Waals surface area contributed by atoms with Gasteiger partial charge in [0.05, 0.1) is 11.7 Å². The second-order valence-electron chi connectivity index (χ2n) is 3.50. The molecule has 1 unspecified atom stereocenters. The first kappa shape index (κ1) is 13.8. The van der Waals surface area contributed by atoms with Crippen LogP contribution in [0.2, 0.25) is 0 Å². The minimum atomic E-state index is -0.857. The molecule has 0 aliphatic heterocycles. The Morgan fingerprint density at radius 3 is 2.71 bits per heavy atom. The third-order valence-electron chi connectivity index (χ3n) is 2.09. The number of aliphatic hydroxyl groups is 1. The van der Waals surface area contributed by atoms with E-state index in [-0.39, 0.29) is 5.57 Å². The number of thioether (sulfide) groups is 1. The van der Waals surface area contributed by atoms with Crippen LogP contribution in [0.3, 0.4) is 0 Å². The summed E-state index contributed by atoms with van der Waals surface area (Å²) in [6.07, 6.45) is -0.857. The van der Waals surface area contributed by atoms with Gasteiger partial charge in [-0.2, -0.15) is 0 Å². The van der Waals surface area contributed by atoms with Gasteiger partial charge in [-0.1, -0.05) is 24.8 Å². The Morgan fingerprint density at radius 1 is 1.47 bits per heavy atom. The highest BCUT2D eigenvalue weighted by Crippen LogP contribution is 2.16. The molecule has 3 nitrogen and oxygen atoms in total. The number of carbonyl (C=O) groups excluding carboxylic acids is 1. The summed E-state index contributed by atoms with van der Waals surface area (Å²) in [5.74, 6) is 0.150. The number of hydrogen-bond donors (Lipinski definition) is 1. The minimum Gasteiger partial charge on any atom is -0.461 e. The molecular formula is C13H16O3S. The number of carbonyl (C=O) groups is 1. The Bertz CT molecular complexity index is 374. The molecule has 0 amide bonds. The lowest BCUT2D eigenvalue weighted by atomic mass is 10.2. The summed E-state index contributed by atoms with van der Waals surface area (Å²) in [6, 6.07) is 9.88. The van der Waals surface area contributed by atoms with Crippen molar-refractivity contribution in [2.45, 2.75) is 17.9 Å². The fourth-order valence-electron chi connectivity index (χ4n) is 1.07. The zero-order chi connectivity index (χ0) is 12.7. The molecule has 17 heavy (non-hydrogen) atoms. The second kappa shape index (κ2) is 7.14. The van der Waals surface area contributed by atoms with E-state index in [0.29, 0.717) is 12.4 Å². The van der Waals surface area contributed by atoms with Crippen LogP contribution in [0, 0.1) is 0 Å². The topological polar surface area (TPSA) is 46.5 Å². The van der Waals surface area contributed by atoms with Gasteiger partial charge in [0.1, 0.15) is 6.61 Å². The second-order valence-corrected chi connectivity index (χ2v) is 4.67. The van der Waals surface area contributed by atoms with Crippen molar-refractivity contribution in [3.8, 4) is 0 Å². The Kier molecular flexibility index (Phi) is 5.80. The first-order valence-corrected chi connectivity index (χ1v) is 6.31. The number of esters is 1. The fourth-order valence-corrected chi connectivity index (χ4v) is 1.83. The first-order chi connectivity index (χ1) is 8.11. The zero-order valence-corrected chi connectivity index (χ0v) is 10.6. The van der Waals surface area contributed by atoms with Gasteiger partial charge >= 0.3 is 5.97 Å². The van der Waals surface area contributed by atoms with Crippen LogP contribution >= 0.6 is 11.8 Å². The lowest BCUT2D eigenvalue weighted by Crippen LogP contribution is -2.17. The highest BCUT2D eigenvalue weighted by Gasteiger charge is 2.12. The molecule has 0 heterocycles. The van der Waals surface area contributed by atoms with Crippen molar-refractivity contribution in [1.29, 1.82) is 0 Å². The summed E-state index contributed by atoms with van der Waals surface area (Å²) in [5.41, 5.74) is 0.0923. The Labute approximate surface area is 105 Å².